The summed E-state index contributed by atoms with van der Waals surface area (Å²) in [5, 5.41) is 0. The van der Waals surface area contributed by atoms with Crippen LogP contribution in [0.25, 0.3) is 0 Å². The number of sulfonamides is 1. The molecule has 7 heteroatoms. The fourth-order valence-electron chi connectivity index (χ4n) is 4.06. The lowest BCUT2D eigenvalue weighted by Crippen LogP contribution is -2.39. The summed E-state index contributed by atoms with van der Waals surface area (Å²) in [5.74, 6) is 1.20. The molecule has 0 aromatic heterocycles. The summed E-state index contributed by atoms with van der Waals surface area (Å²) in [7, 11) is -3.75. The third-order valence-electron chi connectivity index (χ3n) is 6.39. The molecule has 0 radical (unpaired) electrons. The number of carbonyl (C=O) groups is 1. The Kier molecular flexibility index (Phi) is 7.22. The first-order valence-electron chi connectivity index (χ1n) is 11.5. The predicted octanol–water partition coefficient (Wildman–Crippen LogP) is 5.04. The minimum Gasteiger partial charge on any atom is -0.493 e. The predicted molar refractivity (Wildman–Crippen MR) is 134 cm³/mol. The van der Waals surface area contributed by atoms with E-state index < -0.39 is 10.0 Å². The SMILES string of the molecule is Cc1cccc(NS(=O)(=O)c2ccc(C(=O)N3CCC(COc4ccccc4)CC3)cc2)c1C. The largest absolute Gasteiger partial charge is 0.493 e. The van der Waals surface area contributed by atoms with Gasteiger partial charge < -0.3 is 9.64 Å². The quantitative estimate of drug-likeness (QED) is 0.516. The van der Waals surface area contributed by atoms with E-state index in [-0.39, 0.29) is 10.8 Å². The summed E-state index contributed by atoms with van der Waals surface area (Å²) >= 11 is 0. The molecule has 0 saturated carbocycles. The van der Waals surface area contributed by atoms with Gasteiger partial charge in [-0.25, -0.2) is 8.42 Å². The van der Waals surface area contributed by atoms with E-state index >= 15 is 0 Å². The first-order valence-corrected chi connectivity index (χ1v) is 13.0. The standard InChI is InChI=1S/C27H30N2O4S/c1-20-7-6-10-26(21(20)2)28-34(31,32)25-13-11-23(12-14-25)27(30)29-17-15-22(16-18-29)19-33-24-8-4-3-5-9-24/h3-14,22,28H,15-19H2,1-2H3. The maximum atomic E-state index is 12.9. The van der Waals surface area contributed by atoms with E-state index in [1.165, 1.54) is 12.1 Å². The van der Waals surface area contributed by atoms with Gasteiger partial charge >= 0.3 is 0 Å². The second kappa shape index (κ2) is 10.3. The van der Waals surface area contributed by atoms with Crippen LogP contribution in [0.15, 0.2) is 77.7 Å². The van der Waals surface area contributed by atoms with Gasteiger partial charge in [-0.3, -0.25) is 9.52 Å². The van der Waals surface area contributed by atoms with Crippen molar-refractivity contribution in [3.05, 3.63) is 89.5 Å². The third kappa shape index (κ3) is 5.59. The van der Waals surface area contributed by atoms with Crippen LogP contribution in [0, 0.1) is 19.8 Å². The number of nitrogens with zero attached hydrogens (tertiary/aromatic N) is 1. The molecule has 1 aliphatic heterocycles. The van der Waals surface area contributed by atoms with E-state index in [1.54, 1.807) is 18.2 Å². The van der Waals surface area contributed by atoms with E-state index in [1.807, 2.05) is 61.2 Å². The van der Waals surface area contributed by atoms with Crippen LogP contribution >= 0.6 is 0 Å². The number of carbonyl (C=O) groups excluding carboxylic acids is 1. The van der Waals surface area contributed by atoms with Crippen molar-refractivity contribution in [2.45, 2.75) is 31.6 Å². The van der Waals surface area contributed by atoms with Crippen LogP contribution in [0.2, 0.25) is 0 Å². The van der Waals surface area contributed by atoms with E-state index in [0.717, 1.165) is 29.7 Å². The minimum absolute atomic E-state index is 0.0751. The number of likely N-dealkylation sites (tertiary alicyclic amines) is 1. The Morgan fingerprint density at radius 3 is 2.29 bits per heavy atom. The molecule has 34 heavy (non-hydrogen) atoms. The molecule has 0 aliphatic carbocycles. The molecule has 1 amide bonds. The number of anilines is 1. The maximum Gasteiger partial charge on any atom is 0.261 e. The van der Waals surface area contributed by atoms with Crippen LogP contribution in [0.1, 0.15) is 34.3 Å². The zero-order valence-corrected chi connectivity index (χ0v) is 20.3. The molecule has 178 valence electrons. The van der Waals surface area contributed by atoms with E-state index in [0.29, 0.717) is 36.9 Å². The Bertz CT molecular complexity index is 1230. The summed E-state index contributed by atoms with van der Waals surface area (Å²) in [6.07, 6.45) is 1.76. The van der Waals surface area contributed by atoms with Gasteiger partial charge in [-0.15, -0.1) is 0 Å². The number of piperidine rings is 1. The number of hydrogen-bond acceptors (Lipinski definition) is 4. The van der Waals surface area contributed by atoms with Gasteiger partial charge in [-0.05, 0) is 86.2 Å². The van der Waals surface area contributed by atoms with Crippen LogP contribution < -0.4 is 9.46 Å². The minimum atomic E-state index is -3.75. The molecule has 0 unspecified atom stereocenters. The van der Waals surface area contributed by atoms with Crippen LogP contribution in [0.5, 0.6) is 5.75 Å². The van der Waals surface area contributed by atoms with Gasteiger partial charge in [0.1, 0.15) is 5.75 Å². The average Bonchev–Trinajstić information content (AvgIpc) is 2.86. The highest BCUT2D eigenvalue weighted by Gasteiger charge is 2.25. The van der Waals surface area contributed by atoms with Gasteiger partial charge in [0.05, 0.1) is 17.2 Å². The lowest BCUT2D eigenvalue weighted by molar-refractivity contribution is 0.0661. The highest BCUT2D eigenvalue weighted by molar-refractivity contribution is 7.92. The van der Waals surface area contributed by atoms with Gasteiger partial charge in [-0.2, -0.15) is 0 Å². The maximum absolute atomic E-state index is 12.9. The average molecular weight is 479 g/mol. The normalized spacial score (nSPS) is 14.6. The molecule has 6 nitrogen and oxygen atoms in total. The highest BCUT2D eigenvalue weighted by Crippen LogP contribution is 2.24. The number of nitrogens with one attached hydrogen (secondary N) is 1. The number of rotatable bonds is 7. The van der Waals surface area contributed by atoms with Gasteiger partial charge in [0.25, 0.3) is 15.9 Å². The van der Waals surface area contributed by atoms with E-state index in [2.05, 4.69) is 4.72 Å². The van der Waals surface area contributed by atoms with Crippen LogP contribution in [-0.2, 0) is 10.0 Å². The van der Waals surface area contributed by atoms with E-state index in [4.69, 9.17) is 4.74 Å². The fourth-order valence-corrected chi connectivity index (χ4v) is 5.18. The number of para-hydroxylation sites is 1. The fraction of sp³-hybridized carbons (Fsp3) is 0.296. The summed E-state index contributed by atoms with van der Waals surface area (Å²) in [4.78, 5) is 14.9. The zero-order valence-electron chi connectivity index (χ0n) is 19.5. The molecular weight excluding hydrogens is 448 g/mol. The summed E-state index contributed by atoms with van der Waals surface area (Å²) < 4.78 is 34.2. The second-order valence-electron chi connectivity index (χ2n) is 8.74. The Balaban J connectivity index is 1.33. The monoisotopic (exact) mass is 478 g/mol. The molecule has 0 atom stereocenters. The van der Waals surface area contributed by atoms with Crippen molar-refractivity contribution in [3.8, 4) is 5.75 Å². The molecule has 3 aromatic carbocycles. The van der Waals surface area contributed by atoms with Gasteiger partial charge in [0.2, 0.25) is 0 Å². The summed E-state index contributed by atoms with van der Waals surface area (Å²) in [5.41, 5.74) is 2.94. The summed E-state index contributed by atoms with van der Waals surface area (Å²) in [6.45, 7) is 5.79. The van der Waals surface area contributed by atoms with Crippen LogP contribution in [-0.4, -0.2) is 38.9 Å². The van der Waals surface area contributed by atoms with Crippen molar-refractivity contribution in [2.24, 2.45) is 5.92 Å². The molecule has 1 fully saturated rings. The lowest BCUT2D eigenvalue weighted by atomic mass is 9.97. The molecule has 0 bridgehead atoms. The molecule has 1 aliphatic rings. The smallest absolute Gasteiger partial charge is 0.261 e. The molecule has 4 rings (SSSR count). The van der Waals surface area contributed by atoms with Crippen molar-refractivity contribution in [1.29, 1.82) is 0 Å². The molecular formula is C27H30N2O4S. The number of aryl methyl sites for hydroxylation is 1. The van der Waals surface area contributed by atoms with Gasteiger partial charge in [0.15, 0.2) is 0 Å². The molecule has 1 saturated heterocycles. The van der Waals surface area contributed by atoms with E-state index in [9.17, 15) is 13.2 Å². The van der Waals surface area contributed by atoms with Crippen LogP contribution in [0.3, 0.4) is 0 Å². The Morgan fingerprint density at radius 2 is 1.62 bits per heavy atom. The van der Waals surface area contributed by atoms with Crippen molar-refractivity contribution in [1.82, 2.24) is 4.90 Å². The Hall–Kier alpha value is -3.32. The van der Waals surface area contributed by atoms with Gasteiger partial charge in [0, 0.05) is 18.7 Å². The Morgan fingerprint density at radius 1 is 0.941 bits per heavy atom. The first kappa shape index (κ1) is 23.8. The zero-order chi connectivity index (χ0) is 24.1. The first-order chi connectivity index (χ1) is 16.3. The lowest BCUT2D eigenvalue weighted by Gasteiger charge is -2.32. The number of amides is 1. The highest BCUT2D eigenvalue weighted by atomic mass is 32.2. The molecule has 1 heterocycles. The molecule has 0 spiro atoms. The van der Waals surface area contributed by atoms with Crippen molar-refractivity contribution >= 4 is 21.6 Å². The number of hydrogen-bond donors (Lipinski definition) is 1. The number of benzene rings is 3. The molecule has 1 N–H and O–H groups in total. The topological polar surface area (TPSA) is 75.7 Å². The summed E-state index contributed by atoms with van der Waals surface area (Å²) in [6, 6.07) is 21.4. The van der Waals surface area contributed by atoms with Crippen molar-refractivity contribution < 1.29 is 17.9 Å². The van der Waals surface area contributed by atoms with Crippen LogP contribution in [0.4, 0.5) is 5.69 Å². The Labute approximate surface area is 201 Å². The number of ether oxygens (including phenoxy) is 1. The van der Waals surface area contributed by atoms with Crippen molar-refractivity contribution in [2.75, 3.05) is 24.4 Å². The van der Waals surface area contributed by atoms with Crippen molar-refractivity contribution in [3.63, 3.8) is 0 Å². The molecule has 3 aromatic rings. The third-order valence-corrected chi connectivity index (χ3v) is 7.77. The van der Waals surface area contributed by atoms with Gasteiger partial charge in [-0.1, -0.05) is 30.3 Å². The second-order valence-corrected chi connectivity index (χ2v) is 10.4.